The average Bonchev–Trinajstić information content (AvgIpc) is 3.16. The number of nitrogens with one attached hydrogen (secondary N) is 4. The van der Waals surface area contributed by atoms with Crippen molar-refractivity contribution in [1.82, 2.24) is 24.8 Å². The lowest BCUT2D eigenvalue weighted by atomic mass is 10.1. The molecule has 8 N–H and O–H groups in total. The molecule has 3 rings (SSSR count). The van der Waals surface area contributed by atoms with E-state index in [2.05, 4.69) is 46.8 Å². The van der Waals surface area contributed by atoms with Gasteiger partial charge < -0.3 is 36.9 Å². The number of carboxylic acids is 1. The first-order chi connectivity index (χ1) is 16.7. The van der Waals surface area contributed by atoms with Crippen molar-refractivity contribution in [2.45, 2.75) is 25.3 Å². The topological polar surface area (TPSA) is 200 Å². The second kappa shape index (κ2) is 12.0. The second-order valence-corrected chi connectivity index (χ2v) is 8.32. The lowest BCUT2D eigenvalue weighted by Gasteiger charge is -2.13. The molecule has 14 heteroatoms. The highest BCUT2D eigenvalue weighted by atomic mass is 79.9. The van der Waals surface area contributed by atoms with E-state index in [9.17, 15) is 19.5 Å². The molecule has 0 unspecified atom stereocenters. The fourth-order valence-corrected chi connectivity index (χ4v) is 3.39. The fraction of sp³-hybridized carbons (Fsp3) is 0.286. The Morgan fingerprint density at radius 1 is 1.29 bits per heavy atom. The number of aliphatic carboxylic acids is 1. The van der Waals surface area contributed by atoms with Crippen molar-refractivity contribution >= 4 is 45.3 Å². The maximum atomic E-state index is 11.9. The van der Waals surface area contributed by atoms with Crippen LogP contribution in [0.4, 0.5) is 17.5 Å². The first-order valence-corrected chi connectivity index (χ1v) is 11.4. The van der Waals surface area contributed by atoms with Crippen LogP contribution in [0.2, 0.25) is 0 Å². The van der Waals surface area contributed by atoms with E-state index in [1.807, 2.05) is 0 Å². The predicted molar refractivity (Wildman–Crippen MR) is 132 cm³/mol. The van der Waals surface area contributed by atoms with Crippen molar-refractivity contribution in [2.24, 2.45) is 5.73 Å². The van der Waals surface area contributed by atoms with Crippen LogP contribution in [0.1, 0.15) is 19.3 Å². The number of rotatable bonds is 12. The van der Waals surface area contributed by atoms with Crippen LogP contribution in [-0.4, -0.2) is 60.7 Å². The number of H-pyrrole nitrogens is 1. The largest absolute Gasteiger partial charge is 0.493 e. The molecule has 2 aromatic heterocycles. The minimum absolute atomic E-state index is 0.0784. The number of nitrogens with zero attached hydrogens (tertiary/aromatic N) is 3. The predicted octanol–water partition coefficient (Wildman–Crippen LogP) is 1.28. The molecule has 35 heavy (non-hydrogen) atoms. The van der Waals surface area contributed by atoms with Gasteiger partial charge in [-0.05, 0) is 47.0 Å². The molecule has 0 saturated heterocycles. The van der Waals surface area contributed by atoms with Gasteiger partial charge in [0.1, 0.15) is 5.82 Å². The molecule has 1 atom stereocenters. The second-order valence-electron chi connectivity index (χ2n) is 7.46. The van der Waals surface area contributed by atoms with E-state index >= 15 is 0 Å². The van der Waals surface area contributed by atoms with Crippen LogP contribution in [0.3, 0.4) is 0 Å². The van der Waals surface area contributed by atoms with E-state index < -0.39 is 23.6 Å². The average molecular weight is 549 g/mol. The molecular weight excluding hydrogens is 524 g/mol. The van der Waals surface area contributed by atoms with Crippen molar-refractivity contribution in [1.29, 1.82) is 0 Å². The number of benzene rings is 1. The zero-order valence-electron chi connectivity index (χ0n) is 18.5. The first-order valence-electron chi connectivity index (χ1n) is 10.6. The number of aromatic hydroxyl groups is 1. The number of aromatic amines is 1. The van der Waals surface area contributed by atoms with Crippen molar-refractivity contribution in [3.05, 3.63) is 51.6 Å². The third kappa shape index (κ3) is 7.28. The summed E-state index contributed by atoms with van der Waals surface area (Å²) in [5.41, 5.74) is 6.26. The summed E-state index contributed by atoms with van der Waals surface area (Å²) in [6, 6.07) is 5.96. The summed E-state index contributed by atoms with van der Waals surface area (Å²) in [5, 5.41) is 27.4. The van der Waals surface area contributed by atoms with Gasteiger partial charge in [-0.25, -0.2) is 14.3 Å². The number of imidazole rings is 1. The van der Waals surface area contributed by atoms with Gasteiger partial charge in [0.2, 0.25) is 17.7 Å². The number of hydrogen-bond donors (Lipinski definition) is 7. The number of carboxylic acid groups (broad SMARTS) is 1. The minimum atomic E-state index is -0.995. The Hall–Kier alpha value is -3.91. The summed E-state index contributed by atoms with van der Waals surface area (Å²) in [6.07, 6.45) is 3.28. The molecule has 0 fully saturated rings. The third-order valence-corrected chi connectivity index (χ3v) is 5.39. The van der Waals surface area contributed by atoms with Gasteiger partial charge in [0, 0.05) is 31.4 Å². The normalized spacial score (nSPS) is 11.6. The summed E-state index contributed by atoms with van der Waals surface area (Å²) in [6.45, 7) is 0.851. The van der Waals surface area contributed by atoms with Crippen molar-refractivity contribution in [3.8, 4) is 11.6 Å². The standard InChI is InChI=1S/C21H25BrN8O5/c22-14-10-26-20(28-12-3-1-4-13(9-12)30-16(31)11-27-21(30)35)29-18(14)24-7-2-8-25-19(34)15(23)5-6-17(32)33/h1,3-4,9-11,15,31H,2,5-8,23H2,(H,25,34)(H,27,35)(H,32,33)(H2,24,26,28,29)/t15-/m0/s1. The molecule has 1 amide bonds. The smallest absolute Gasteiger partial charge is 0.333 e. The number of halogens is 1. The highest BCUT2D eigenvalue weighted by Crippen LogP contribution is 2.23. The molecule has 0 spiro atoms. The Labute approximate surface area is 207 Å². The SMILES string of the molecule is N[C@@H](CCC(=O)O)C(=O)NCCCNc1nc(Nc2cccc(-n3c(O)c[nH]c3=O)c2)ncc1Br. The molecular formula is C21H25BrN8O5. The van der Waals surface area contributed by atoms with E-state index in [-0.39, 0.29) is 18.7 Å². The van der Waals surface area contributed by atoms with E-state index in [1.54, 1.807) is 30.5 Å². The van der Waals surface area contributed by atoms with Gasteiger partial charge in [-0.3, -0.25) is 9.59 Å². The Balaban J connectivity index is 1.53. The van der Waals surface area contributed by atoms with Crippen molar-refractivity contribution in [3.63, 3.8) is 0 Å². The molecule has 0 radical (unpaired) electrons. The van der Waals surface area contributed by atoms with Gasteiger partial charge in [0.15, 0.2) is 0 Å². The third-order valence-electron chi connectivity index (χ3n) is 4.81. The number of hydrogen-bond acceptors (Lipinski definition) is 9. The highest BCUT2D eigenvalue weighted by molar-refractivity contribution is 9.10. The summed E-state index contributed by atoms with van der Waals surface area (Å²) in [5.74, 6) is -0.765. The number of anilines is 3. The molecule has 186 valence electrons. The summed E-state index contributed by atoms with van der Waals surface area (Å²) >= 11 is 3.39. The number of aromatic nitrogens is 4. The van der Waals surface area contributed by atoms with E-state index in [4.69, 9.17) is 10.8 Å². The Kier molecular flexibility index (Phi) is 8.80. The first kappa shape index (κ1) is 25.7. The van der Waals surface area contributed by atoms with Crippen molar-refractivity contribution in [2.75, 3.05) is 23.7 Å². The van der Waals surface area contributed by atoms with Gasteiger partial charge in [0.05, 0.1) is 22.4 Å². The van der Waals surface area contributed by atoms with E-state index in [0.29, 0.717) is 47.1 Å². The molecule has 0 aliphatic rings. The fourth-order valence-electron chi connectivity index (χ4n) is 3.06. The van der Waals surface area contributed by atoms with Crippen LogP contribution in [-0.2, 0) is 9.59 Å². The number of nitrogens with two attached hydrogens (primary N) is 1. The van der Waals surface area contributed by atoms with E-state index in [1.165, 1.54) is 6.20 Å². The Bertz CT molecular complexity index is 1240. The summed E-state index contributed by atoms with van der Waals surface area (Å²) < 4.78 is 1.76. The molecule has 0 saturated carbocycles. The van der Waals surface area contributed by atoms with Crippen LogP contribution < -0.4 is 27.4 Å². The number of carbonyl (C=O) groups is 2. The highest BCUT2D eigenvalue weighted by Gasteiger charge is 2.14. The van der Waals surface area contributed by atoms with Gasteiger partial charge in [-0.1, -0.05) is 6.07 Å². The summed E-state index contributed by atoms with van der Waals surface area (Å²) in [4.78, 5) is 45.4. The maximum Gasteiger partial charge on any atom is 0.333 e. The quantitative estimate of drug-likeness (QED) is 0.161. The Morgan fingerprint density at radius 2 is 2.09 bits per heavy atom. The van der Waals surface area contributed by atoms with Gasteiger partial charge in [0.25, 0.3) is 0 Å². The molecule has 3 aromatic rings. The lowest BCUT2D eigenvalue weighted by Crippen LogP contribution is -2.41. The van der Waals surface area contributed by atoms with Crippen LogP contribution >= 0.6 is 15.9 Å². The molecule has 0 bridgehead atoms. The molecule has 13 nitrogen and oxygen atoms in total. The zero-order chi connectivity index (χ0) is 25.4. The minimum Gasteiger partial charge on any atom is -0.493 e. The zero-order valence-corrected chi connectivity index (χ0v) is 20.1. The van der Waals surface area contributed by atoms with Crippen LogP contribution in [0.15, 0.2) is 45.9 Å². The molecule has 0 aliphatic carbocycles. The van der Waals surface area contributed by atoms with Gasteiger partial charge >= 0.3 is 11.7 Å². The summed E-state index contributed by atoms with van der Waals surface area (Å²) in [7, 11) is 0. The lowest BCUT2D eigenvalue weighted by molar-refractivity contribution is -0.137. The molecule has 2 heterocycles. The number of amides is 1. The van der Waals surface area contributed by atoms with Crippen molar-refractivity contribution < 1.29 is 19.8 Å². The number of carbonyl (C=O) groups excluding carboxylic acids is 1. The maximum absolute atomic E-state index is 11.9. The van der Waals surface area contributed by atoms with Crippen LogP contribution in [0.5, 0.6) is 5.88 Å². The van der Waals surface area contributed by atoms with Crippen LogP contribution in [0, 0.1) is 0 Å². The van der Waals surface area contributed by atoms with Crippen LogP contribution in [0.25, 0.3) is 5.69 Å². The monoisotopic (exact) mass is 548 g/mol. The molecule has 1 aromatic carbocycles. The van der Waals surface area contributed by atoms with Gasteiger partial charge in [-0.2, -0.15) is 4.98 Å². The molecule has 0 aliphatic heterocycles. The van der Waals surface area contributed by atoms with Gasteiger partial charge in [-0.15, -0.1) is 0 Å². The Morgan fingerprint density at radius 3 is 2.80 bits per heavy atom. The van der Waals surface area contributed by atoms with E-state index in [0.717, 1.165) is 4.57 Å².